The molecule has 2 unspecified atom stereocenters. The van der Waals surface area contributed by atoms with Crippen LogP contribution in [0.2, 0.25) is 0 Å². The Morgan fingerprint density at radius 3 is 2.69 bits per heavy atom. The Morgan fingerprint density at radius 2 is 2.06 bits per heavy atom. The van der Waals surface area contributed by atoms with Gasteiger partial charge >= 0.3 is 5.97 Å². The molecule has 1 aromatic rings. The van der Waals surface area contributed by atoms with E-state index in [4.69, 9.17) is 9.84 Å². The van der Waals surface area contributed by atoms with Gasteiger partial charge in [-0.3, -0.25) is 0 Å². The molecule has 2 bridgehead atoms. The fourth-order valence-electron chi connectivity index (χ4n) is 2.40. The maximum atomic E-state index is 10.9. The van der Waals surface area contributed by atoms with Crippen LogP contribution in [0.3, 0.4) is 0 Å². The molecule has 0 saturated carbocycles. The predicted molar refractivity (Wildman–Crippen MR) is 58.9 cm³/mol. The van der Waals surface area contributed by atoms with Gasteiger partial charge in [-0.15, -0.1) is 0 Å². The van der Waals surface area contributed by atoms with Gasteiger partial charge < -0.3 is 14.7 Å². The predicted octanol–water partition coefficient (Wildman–Crippen LogP) is 1.36. The van der Waals surface area contributed by atoms with E-state index in [-0.39, 0.29) is 0 Å². The highest BCUT2D eigenvalue weighted by Gasteiger charge is 2.38. The third-order valence-electron chi connectivity index (χ3n) is 3.22. The Hall–Kier alpha value is -1.55. The molecule has 3 aliphatic rings. The lowest BCUT2D eigenvalue weighted by Crippen LogP contribution is -2.57. The second kappa shape index (κ2) is 3.49. The molecule has 4 heteroatoms. The van der Waals surface area contributed by atoms with Crippen molar-refractivity contribution >= 4 is 11.7 Å². The Bertz CT molecular complexity index is 416. The SMILES string of the molecule is O=C(O)c1cccc(N2CC3CC(C2)O3)c1. The summed E-state index contributed by atoms with van der Waals surface area (Å²) in [5, 5.41) is 8.93. The summed E-state index contributed by atoms with van der Waals surface area (Å²) < 4.78 is 5.55. The van der Waals surface area contributed by atoms with E-state index in [1.165, 1.54) is 0 Å². The van der Waals surface area contributed by atoms with E-state index < -0.39 is 5.97 Å². The van der Waals surface area contributed by atoms with Crippen LogP contribution in [-0.4, -0.2) is 36.4 Å². The average molecular weight is 219 g/mol. The number of hydrogen-bond acceptors (Lipinski definition) is 3. The number of ether oxygens (including phenoxy) is 1. The summed E-state index contributed by atoms with van der Waals surface area (Å²) in [4.78, 5) is 13.1. The van der Waals surface area contributed by atoms with E-state index >= 15 is 0 Å². The molecular formula is C12H13NO3. The lowest BCUT2D eigenvalue weighted by molar-refractivity contribution is -0.133. The zero-order valence-electron chi connectivity index (χ0n) is 8.80. The minimum absolute atomic E-state index is 0.340. The highest BCUT2D eigenvalue weighted by molar-refractivity contribution is 5.88. The van der Waals surface area contributed by atoms with Gasteiger partial charge in [0, 0.05) is 25.2 Å². The second-order valence-electron chi connectivity index (χ2n) is 4.38. The van der Waals surface area contributed by atoms with Crippen LogP contribution in [0.15, 0.2) is 24.3 Å². The van der Waals surface area contributed by atoms with Crippen molar-refractivity contribution in [3.05, 3.63) is 29.8 Å². The first-order chi connectivity index (χ1) is 7.72. The van der Waals surface area contributed by atoms with Gasteiger partial charge in [0.2, 0.25) is 0 Å². The maximum Gasteiger partial charge on any atom is 0.335 e. The first-order valence-corrected chi connectivity index (χ1v) is 5.46. The molecule has 1 aromatic carbocycles. The Kier molecular flexibility index (Phi) is 2.11. The molecule has 3 heterocycles. The Balaban J connectivity index is 1.83. The summed E-state index contributed by atoms with van der Waals surface area (Å²) in [6.45, 7) is 1.75. The minimum atomic E-state index is -0.875. The third kappa shape index (κ3) is 1.55. The number of nitrogens with zero attached hydrogens (tertiary/aromatic N) is 1. The first kappa shape index (κ1) is 9.66. The summed E-state index contributed by atoms with van der Waals surface area (Å²) in [6, 6.07) is 7.09. The van der Waals surface area contributed by atoms with Crippen LogP contribution < -0.4 is 4.90 Å². The Labute approximate surface area is 93.4 Å². The van der Waals surface area contributed by atoms with E-state index in [2.05, 4.69) is 4.90 Å². The second-order valence-corrected chi connectivity index (χ2v) is 4.38. The van der Waals surface area contributed by atoms with Crippen LogP contribution >= 0.6 is 0 Å². The third-order valence-corrected chi connectivity index (χ3v) is 3.22. The lowest BCUT2D eigenvalue weighted by atomic mass is 9.98. The molecule has 2 atom stereocenters. The van der Waals surface area contributed by atoms with Gasteiger partial charge in [0.05, 0.1) is 17.8 Å². The zero-order chi connectivity index (χ0) is 11.1. The number of hydrogen-bond donors (Lipinski definition) is 1. The van der Waals surface area contributed by atoms with Gasteiger partial charge in [-0.25, -0.2) is 4.79 Å². The van der Waals surface area contributed by atoms with Crippen molar-refractivity contribution in [1.82, 2.24) is 0 Å². The quantitative estimate of drug-likeness (QED) is 0.816. The molecular weight excluding hydrogens is 206 g/mol. The number of carbonyl (C=O) groups is 1. The summed E-state index contributed by atoms with van der Waals surface area (Å²) in [5.41, 5.74) is 1.33. The zero-order valence-corrected chi connectivity index (χ0v) is 8.80. The number of fused-ring (bicyclic) bond motifs is 2. The minimum Gasteiger partial charge on any atom is -0.478 e. The topological polar surface area (TPSA) is 49.8 Å². The van der Waals surface area contributed by atoms with Gasteiger partial charge in [0.15, 0.2) is 0 Å². The fourth-order valence-corrected chi connectivity index (χ4v) is 2.40. The number of benzene rings is 1. The van der Waals surface area contributed by atoms with E-state index in [9.17, 15) is 4.79 Å². The molecule has 3 fully saturated rings. The number of piperidine rings is 1. The van der Waals surface area contributed by atoms with Crippen molar-refractivity contribution in [2.45, 2.75) is 18.6 Å². The molecule has 0 amide bonds. The number of anilines is 1. The lowest BCUT2D eigenvalue weighted by Gasteiger charge is -2.48. The molecule has 0 aliphatic carbocycles. The molecule has 3 saturated heterocycles. The van der Waals surface area contributed by atoms with Crippen molar-refractivity contribution in [2.24, 2.45) is 0 Å². The van der Waals surface area contributed by atoms with Crippen LogP contribution in [0.4, 0.5) is 5.69 Å². The van der Waals surface area contributed by atoms with Crippen molar-refractivity contribution in [3.63, 3.8) is 0 Å². The van der Waals surface area contributed by atoms with Crippen molar-refractivity contribution < 1.29 is 14.6 Å². The normalized spacial score (nSPS) is 27.4. The van der Waals surface area contributed by atoms with Gasteiger partial charge in [0.1, 0.15) is 0 Å². The summed E-state index contributed by atoms with van der Waals surface area (Å²) in [5.74, 6) is -0.875. The number of morpholine rings is 1. The summed E-state index contributed by atoms with van der Waals surface area (Å²) in [7, 11) is 0. The van der Waals surface area contributed by atoms with Gasteiger partial charge in [0.25, 0.3) is 0 Å². The maximum absolute atomic E-state index is 10.9. The van der Waals surface area contributed by atoms with Gasteiger partial charge in [-0.2, -0.15) is 0 Å². The first-order valence-electron chi connectivity index (χ1n) is 5.46. The number of carboxylic acids is 1. The number of rotatable bonds is 2. The van der Waals surface area contributed by atoms with Gasteiger partial charge in [-0.05, 0) is 18.2 Å². The number of aromatic carboxylic acids is 1. The fraction of sp³-hybridized carbons (Fsp3) is 0.417. The van der Waals surface area contributed by atoms with Crippen molar-refractivity contribution in [1.29, 1.82) is 0 Å². The average Bonchev–Trinajstić information content (AvgIpc) is 2.28. The van der Waals surface area contributed by atoms with Gasteiger partial charge in [-0.1, -0.05) is 6.07 Å². The molecule has 4 rings (SSSR count). The molecule has 0 aromatic heterocycles. The molecule has 1 N–H and O–H groups in total. The van der Waals surface area contributed by atoms with Crippen LogP contribution in [0.1, 0.15) is 16.8 Å². The van der Waals surface area contributed by atoms with Crippen LogP contribution in [-0.2, 0) is 4.74 Å². The standard InChI is InChI=1S/C12H13NO3/c14-12(15)8-2-1-3-9(4-8)13-6-10-5-11(7-13)16-10/h1-4,10-11H,5-7H2,(H,14,15). The summed E-state index contributed by atoms with van der Waals surface area (Å²) >= 11 is 0. The highest BCUT2D eigenvalue weighted by atomic mass is 16.5. The van der Waals surface area contributed by atoms with E-state index in [1.807, 2.05) is 6.07 Å². The van der Waals surface area contributed by atoms with Crippen LogP contribution in [0, 0.1) is 0 Å². The van der Waals surface area contributed by atoms with Crippen molar-refractivity contribution in [2.75, 3.05) is 18.0 Å². The molecule has 16 heavy (non-hydrogen) atoms. The monoisotopic (exact) mass is 219 g/mol. The van der Waals surface area contributed by atoms with E-state index in [0.717, 1.165) is 25.2 Å². The van der Waals surface area contributed by atoms with E-state index in [1.54, 1.807) is 18.2 Å². The molecule has 3 aliphatic heterocycles. The molecule has 0 spiro atoms. The largest absolute Gasteiger partial charge is 0.478 e. The molecule has 0 radical (unpaired) electrons. The number of carboxylic acid groups (broad SMARTS) is 1. The van der Waals surface area contributed by atoms with Crippen LogP contribution in [0.5, 0.6) is 0 Å². The van der Waals surface area contributed by atoms with Crippen LogP contribution in [0.25, 0.3) is 0 Å². The Morgan fingerprint density at radius 1 is 1.38 bits per heavy atom. The van der Waals surface area contributed by atoms with E-state index in [0.29, 0.717) is 17.8 Å². The smallest absolute Gasteiger partial charge is 0.335 e. The van der Waals surface area contributed by atoms with Crippen molar-refractivity contribution in [3.8, 4) is 0 Å². The highest BCUT2D eigenvalue weighted by Crippen LogP contribution is 2.31. The molecule has 4 nitrogen and oxygen atoms in total. The molecule has 84 valence electrons. The summed E-state index contributed by atoms with van der Waals surface area (Å²) in [6.07, 6.45) is 1.83.